The standard InChI is InChI=1S/C48H54ClF2N7O9S/c1-47(2,3)42(44(62)56-26-33(59)22-36(56)43(61)54-24-29-9-11-30(12-10-29)38-25-53-28-67-38)55-39(60)27-65-19-8-18-64-17-6-7-20-66-37-16-14-32(21-34(37)50)58-46(68)57(45(63)48(58,4)5)35-15-13-31(23-52)40(49)41(35)51/h9-16,21,25,28,33,36,42,59H,6-8,17-20,22,24,26-27H2,1-5H3,(H,54,61)(H,55,60)/t33-,36+,42?/m1/s1. The summed E-state index contributed by atoms with van der Waals surface area (Å²) < 4.78 is 52.7. The average Bonchev–Trinajstić information content (AvgIpc) is 4.02. The Labute approximate surface area is 403 Å². The first-order valence-corrected chi connectivity index (χ1v) is 22.8. The van der Waals surface area contributed by atoms with Gasteiger partial charge in [0.25, 0.3) is 5.91 Å². The number of ether oxygens (including phenoxy) is 3. The van der Waals surface area contributed by atoms with Crippen molar-refractivity contribution in [3.05, 3.63) is 95.0 Å². The second kappa shape index (κ2) is 22.4. The molecule has 4 aromatic rings. The van der Waals surface area contributed by atoms with E-state index >= 15 is 8.78 Å². The molecule has 3 N–H and O–H groups in total. The van der Waals surface area contributed by atoms with Crippen LogP contribution in [-0.4, -0.2) is 107 Å². The van der Waals surface area contributed by atoms with Gasteiger partial charge in [-0.3, -0.25) is 24.1 Å². The van der Waals surface area contributed by atoms with E-state index in [-0.39, 0.29) is 67.1 Å². The van der Waals surface area contributed by atoms with Crippen molar-refractivity contribution in [3.63, 3.8) is 0 Å². The van der Waals surface area contributed by atoms with Crippen molar-refractivity contribution in [2.75, 3.05) is 49.4 Å². The van der Waals surface area contributed by atoms with E-state index in [0.717, 1.165) is 16.0 Å². The number of hydrogen-bond acceptors (Lipinski definition) is 12. The maximum Gasteiger partial charge on any atom is 0.259 e. The molecule has 68 heavy (non-hydrogen) atoms. The third-order valence-corrected chi connectivity index (χ3v) is 12.2. The Morgan fingerprint density at radius 1 is 1.04 bits per heavy atom. The molecule has 1 aromatic heterocycles. The largest absolute Gasteiger partial charge is 0.491 e. The lowest BCUT2D eigenvalue weighted by Gasteiger charge is -2.35. The highest BCUT2D eigenvalue weighted by Gasteiger charge is 2.51. The lowest BCUT2D eigenvalue weighted by molar-refractivity contribution is -0.144. The number of aliphatic hydroxyl groups is 1. The molecular formula is C48H54ClF2N7O9S. The number of nitrogens with zero attached hydrogens (tertiary/aromatic N) is 5. The number of unbranched alkanes of at least 4 members (excludes halogenated alkanes) is 1. The van der Waals surface area contributed by atoms with E-state index in [1.165, 1.54) is 40.5 Å². The number of amides is 4. The topological polar surface area (TPSA) is 200 Å². The number of nitriles is 1. The molecule has 0 spiro atoms. The zero-order valence-corrected chi connectivity index (χ0v) is 39.9. The van der Waals surface area contributed by atoms with Crippen LogP contribution in [0, 0.1) is 28.4 Å². The molecule has 20 heteroatoms. The van der Waals surface area contributed by atoms with Crippen LogP contribution >= 0.6 is 23.8 Å². The Bertz CT molecular complexity index is 2520. The quantitative estimate of drug-likeness (QED) is 0.0645. The summed E-state index contributed by atoms with van der Waals surface area (Å²) in [7, 11) is 0. The summed E-state index contributed by atoms with van der Waals surface area (Å²) in [6.45, 7) is 9.58. The summed E-state index contributed by atoms with van der Waals surface area (Å²) in [6.07, 6.45) is 3.77. The van der Waals surface area contributed by atoms with Crippen LogP contribution in [0.15, 0.2) is 71.6 Å². The number of nitrogens with one attached hydrogen (secondary N) is 2. The lowest BCUT2D eigenvalue weighted by Crippen LogP contribution is -2.58. The molecular weight excluding hydrogens is 924 g/mol. The molecule has 16 nitrogen and oxygen atoms in total. The van der Waals surface area contributed by atoms with E-state index in [2.05, 4.69) is 15.6 Å². The van der Waals surface area contributed by atoms with Crippen LogP contribution in [0.4, 0.5) is 20.2 Å². The minimum atomic E-state index is -1.32. The zero-order valence-electron chi connectivity index (χ0n) is 38.4. The normalized spacial score (nSPS) is 17.3. The van der Waals surface area contributed by atoms with E-state index in [1.807, 2.05) is 24.3 Å². The number of aromatic nitrogens is 1. The van der Waals surface area contributed by atoms with Gasteiger partial charge in [-0.1, -0.05) is 56.6 Å². The third-order valence-electron chi connectivity index (χ3n) is 11.4. The zero-order chi connectivity index (χ0) is 49.3. The number of carbonyl (C=O) groups excluding carboxylic acids is 4. The maximum atomic E-state index is 15.3. The number of rotatable bonds is 20. The molecule has 4 amide bonds. The minimum absolute atomic E-state index is 0.00824. The molecule has 6 rings (SSSR count). The van der Waals surface area contributed by atoms with Gasteiger partial charge in [0, 0.05) is 56.6 Å². The number of hydrogen-bond donors (Lipinski definition) is 3. The fourth-order valence-electron chi connectivity index (χ4n) is 7.78. The number of thiocarbonyl (C=S) groups is 1. The fraction of sp³-hybridized carbons (Fsp3) is 0.438. The van der Waals surface area contributed by atoms with Crippen LogP contribution in [0.1, 0.15) is 71.4 Å². The molecule has 2 saturated heterocycles. The SMILES string of the molecule is CC(C)(C)C(NC(=O)COCCCOCCCCOc1ccc(N2C(=S)N(c3ccc(C#N)c(Cl)c3F)C(=O)C2(C)C)cc1F)C(=O)N1C[C@H](O)C[C@H]1C(=O)NCc1ccc(-c2cnco2)cc1. The van der Waals surface area contributed by atoms with Crippen LogP contribution < -0.4 is 25.2 Å². The molecule has 0 bridgehead atoms. The van der Waals surface area contributed by atoms with Gasteiger partial charge < -0.3 is 44.2 Å². The van der Waals surface area contributed by atoms with Crippen LogP contribution in [0.3, 0.4) is 0 Å². The van der Waals surface area contributed by atoms with Crippen molar-refractivity contribution in [1.29, 1.82) is 5.26 Å². The monoisotopic (exact) mass is 977 g/mol. The number of β-amino-alcohol motifs (C(OH)–C–C–N with tert-alkyl or cyclic N) is 1. The van der Waals surface area contributed by atoms with Crippen molar-refractivity contribution in [3.8, 4) is 23.1 Å². The Morgan fingerprint density at radius 3 is 2.43 bits per heavy atom. The molecule has 362 valence electrons. The van der Waals surface area contributed by atoms with Gasteiger partial charge in [-0.2, -0.15) is 5.26 Å². The van der Waals surface area contributed by atoms with Crippen molar-refractivity contribution >= 4 is 63.9 Å². The molecule has 1 unspecified atom stereocenters. The average molecular weight is 979 g/mol. The smallest absolute Gasteiger partial charge is 0.259 e. The second-order valence-electron chi connectivity index (χ2n) is 17.9. The molecule has 3 heterocycles. The summed E-state index contributed by atoms with van der Waals surface area (Å²) in [5.74, 6) is -3.03. The van der Waals surface area contributed by atoms with Gasteiger partial charge in [0.05, 0.1) is 35.2 Å². The van der Waals surface area contributed by atoms with Crippen molar-refractivity contribution in [2.24, 2.45) is 5.41 Å². The van der Waals surface area contributed by atoms with Crippen LogP contribution in [0.2, 0.25) is 5.02 Å². The second-order valence-corrected chi connectivity index (χ2v) is 18.7. The predicted octanol–water partition coefficient (Wildman–Crippen LogP) is 6.45. The number of carbonyl (C=O) groups is 4. The number of anilines is 2. The third kappa shape index (κ3) is 12.0. The highest BCUT2D eigenvalue weighted by molar-refractivity contribution is 7.81. The van der Waals surface area contributed by atoms with Crippen molar-refractivity contribution in [1.82, 2.24) is 20.5 Å². The molecule has 2 fully saturated rings. The van der Waals surface area contributed by atoms with Crippen LogP contribution in [-0.2, 0) is 35.2 Å². The summed E-state index contributed by atoms with van der Waals surface area (Å²) >= 11 is 11.6. The summed E-state index contributed by atoms with van der Waals surface area (Å²) in [5.41, 5.74) is -0.461. The van der Waals surface area contributed by atoms with E-state index in [9.17, 15) is 29.5 Å². The number of oxazole rings is 1. The number of benzene rings is 3. The molecule has 2 aliphatic heterocycles. The van der Waals surface area contributed by atoms with Crippen molar-refractivity contribution in [2.45, 2.75) is 90.6 Å². The molecule has 0 aliphatic carbocycles. The lowest BCUT2D eigenvalue weighted by atomic mass is 9.85. The maximum absolute atomic E-state index is 15.3. The van der Waals surface area contributed by atoms with E-state index in [1.54, 1.807) is 53.0 Å². The van der Waals surface area contributed by atoms with Gasteiger partial charge in [0.2, 0.25) is 17.7 Å². The minimum Gasteiger partial charge on any atom is -0.491 e. The Morgan fingerprint density at radius 2 is 1.75 bits per heavy atom. The first-order valence-electron chi connectivity index (χ1n) is 22.0. The summed E-state index contributed by atoms with van der Waals surface area (Å²) in [5, 5.41) is 24.8. The molecule has 0 saturated carbocycles. The Kier molecular flexibility index (Phi) is 16.9. The highest BCUT2D eigenvalue weighted by atomic mass is 35.5. The van der Waals surface area contributed by atoms with Gasteiger partial charge in [0.15, 0.2) is 34.7 Å². The molecule has 3 aromatic carbocycles. The number of likely N-dealkylation sites (tertiary alicyclic amines) is 1. The number of aliphatic hydroxyl groups excluding tert-OH is 1. The predicted molar refractivity (Wildman–Crippen MR) is 251 cm³/mol. The summed E-state index contributed by atoms with van der Waals surface area (Å²) in [4.78, 5) is 61.4. The Balaban J connectivity index is 0.872. The molecule has 3 atom stereocenters. The van der Waals surface area contributed by atoms with Gasteiger partial charge >= 0.3 is 0 Å². The van der Waals surface area contributed by atoms with E-state index < -0.39 is 69.4 Å². The van der Waals surface area contributed by atoms with E-state index in [4.69, 9.17) is 42.4 Å². The molecule has 2 aliphatic rings. The first-order chi connectivity index (χ1) is 32.3. The first kappa shape index (κ1) is 51.4. The van der Waals surface area contributed by atoms with Crippen molar-refractivity contribution < 1.29 is 51.7 Å². The molecule has 0 radical (unpaired) electrons. The van der Waals surface area contributed by atoms with Crippen LogP contribution in [0.25, 0.3) is 11.3 Å². The van der Waals surface area contributed by atoms with Gasteiger partial charge in [-0.25, -0.2) is 13.8 Å². The van der Waals surface area contributed by atoms with Gasteiger partial charge in [-0.05, 0) is 80.6 Å². The van der Waals surface area contributed by atoms with Gasteiger partial charge in [-0.15, -0.1) is 0 Å². The van der Waals surface area contributed by atoms with Crippen LogP contribution in [0.5, 0.6) is 5.75 Å². The highest BCUT2D eigenvalue weighted by Crippen LogP contribution is 2.40. The number of halogens is 3. The van der Waals surface area contributed by atoms with E-state index in [0.29, 0.717) is 38.2 Å². The fourth-order valence-corrected chi connectivity index (χ4v) is 8.50. The summed E-state index contributed by atoms with van der Waals surface area (Å²) in [6, 6.07) is 14.0. The Hall–Kier alpha value is -6.04. The van der Waals surface area contributed by atoms with Gasteiger partial charge in [0.1, 0.15) is 30.3 Å².